The van der Waals surface area contributed by atoms with Crippen molar-refractivity contribution >= 4 is 18.0 Å². The maximum atomic E-state index is 13.0. The summed E-state index contributed by atoms with van der Waals surface area (Å²) in [7, 11) is 0. The fourth-order valence-electron chi connectivity index (χ4n) is 4.36. The number of nitrogens with one attached hydrogen (secondary N) is 1. The van der Waals surface area contributed by atoms with Crippen LogP contribution in [0.3, 0.4) is 0 Å². The minimum atomic E-state index is -1.23. The molecule has 0 fully saturated rings. The van der Waals surface area contributed by atoms with Crippen molar-refractivity contribution in [2.75, 3.05) is 26.3 Å². The number of fused-ring (bicyclic) bond motifs is 3. The van der Waals surface area contributed by atoms with Crippen LogP contribution in [0.15, 0.2) is 48.5 Å². The predicted molar refractivity (Wildman–Crippen MR) is 127 cm³/mol. The SMILES string of the molecule is N#CCCCCC(NC(=O)OCC1c2ccccc2-c2ccccc21)C(=O)N(CCO)CC(=O)O. The second-order valence-electron chi connectivity index (χ2n) is 8.30. The lowest BCUT2D eigenvalue weighted by atomic mass is 9.98. The molecular formula is C26H29N3O6. The number of nitrogens with zero attached hydrogens (tertiary/aromatic N) is 2. The molecule has 2 amide bonds. The van der Waals surface area contributed by atoms with Gasteiger partial charge in [0.15, 0.2) is 0 Å². The quantitative estimate of drug-likeness (QED) is 0.398. The number of rotatable bonds is 12. The van der Waals surface area contributed by atoms with Crippen molar-refractivity contribution in [2.24, 2.45) is 0 Å². The molecule has 0 aromatic heterocycles. The van der Waals surface area contributed by atoms with Gasteiger partial charge in [0.05, 0.1) is 12.7 Å². The Morgan fingerprint density at radius 2 is 1.69 bits per heavy atom. The summed E-state index contributed by atoms with van der Waals surface area (Å²) in [6.45, 7) is -1.11. The van der Waals surface area contributed by atoms with Crippen molar-refractivity contribution < 1.29 is 29.3 Å². The smallest absolute Gasteiger partial charge is 0.407 e. The molecule has 0 aliphatic heterocycles. The molecule has 1 unspecified atom stereocenters. The number of aliphatic hydroxyl groups excluding tert-OH is 1. The van der Waals surface area contributed by atoms with Crippen molar-refractivity contribution in [3.63, 3.8) is 0 Å². The molecule has 3 N–H and O–H groups in total. The van der Waals surface area contributed by atoms with Gasteiger partial charge < -0.3 is 25.2 Å². The first-order valence-corrected chi connectivity index (χ1v) is 11.6. The third-order valence-corrected chi connectivity index (χ3v) is 5.97. The summed E-state index contributed by atoms with van der Waals surface area (Å²) in [5.74, 6) is -1.99. The summed E-state index contributed by atoms with van der Waals surface area (Å²) >= 11 is 0. The van der Waals surface area contributed by atoms with E-state index in [1.807, 2.05) is 54.6 Å². The van der Waals surface area contributed by atoms with E-state index in [0.29, 0.717) is 19.3 Å². The van der Waals surface area contributed by atoms with Gasteiger partial charge in [0.2, 0.25) is 5.91 Å². The molecule has 2 aromatic rings. The van der Waals surface area contributed by atoms with Crippen LogP contribution >= 0.6 is 0 Å². The van der Waals surface area contributed by atoms with E-state index < -0.39 is 37.2 Å². The number of aliphatic hydroxyl groups is 1. The minimum Gasteiger partial charge on any atom is -0.480 e. The fraction of sp³-hybridized carbons (Fsp3) is 0.385. The van der Waals surface area contributed by atoms with Crippen molar-refractivity contribution in [3.8, 4) is 17.2 Å². The highest BCUT2D eigenvalue weighted by Crippen LogP contribution is 2.44. The molecule has 1 atom stereocenters. The van der Waals surface area contributed by atoms with E-state index >= 15 is 0 Å². The first kappa shape index (κ1) is 25.7. The highest BCUT2D eigenvalue weighted by molar-refractivity contribution is 5.88. The largest absolute Gasteiger partial charge is 0.480 e. The third kappa shape index (κ3) is 6.58. The summed E-state index contributed by atoms with van der Waals surface area (Å²) in [6.07, 6.45) is 0.747. The van der Waals surface area contributed by atoms with Crippen LogP contribution in [-0.4, -0.2) is 65.4 Å². The summed E-state index contributed by atoms with van der Waals surface area (Å²) in [4.78, 5) is 37.8. The second kappa shape index (κ2) is 12.5. The number of hydrogen-bond acceptors (Lipinski definition) is 6. The first-order valence-electron chi connectivity index (χ1n) is 11.6. The van der Waals surface area contributed by atoms with Crippen LogP contribution < -0.4 is 5.32 Å². The van der Waals surface area contributed by atoms with Crippen LogP contribution in [0.1, 0.15) is 42.7 Å². The summed E-state index contributed by atoms with van der Waals surface area (Å²) in [5, 5.41) is 29.7. The lowest BCUT2D eigenvalue weighted by Gasteiger charge is -2.26. The van der Waals surface area contributed by atoms with E-state index in [9.17, 15) is 19.5 Å². The van der Waals surface area contributed by atoms with E-state index in [4.69, 9.17) is 15.1 Å². The highest BCUT2D eigenvalue weighted by atomic mass is 16.5. The van der Waals surface area contributed by atoms with Crippen LogP contribution in [-0.2, 0) is 14.3 Å². The molecule has 35 heavy (non-hydrogen) atoms. The lowest BCUT2D eigenvalue weighted by Crippen LogP contribution is -2.50. The van der Waals surface area contributed by atoms with Crippen molar-refractivity contribution in [1.82, 2.24) is 10.2 Å². The number of carboxylic acid groups (broad SMARTS) is 1. The molecule has 0 saturated heterocycles. The number of unbranched alkanes of at least 4 members (excludes halogenated alkanes) is 2. The molecule has 0 saturated carbocycles. The molecule has 9 nitrogen and oxygen atoms in total. The predicted octanol–water partition coefficient (Wildman–Crippen LogP) is 2.88. The molecule has 0 heterocycles. The molecule has 184 valence electrons. The van der Waals surface area contributed by atoms with E-state index in [1.165, 1.54) is 0 Å². The number of hydrogen-bond donors (Lipinski definition) is 3. The number of nitriles is 1. The van der Waals surface area contributed by atoms with Crippen LogP contribution in [0.2, 0.25) is 0 Å². The third-order valence-electron chi connectivity index (χ3n) is 5.97. The molecule has 1 aliphatic carbocycles. The van der Waals surface area contributed by atoms with Crippen molar-refractivity contribution in [1.29, 1.82) is 5.26 Å². The van der Waals surface area contributed by atoms with Gasteiger partial charge in [-0.3, -0.25) is 9.59 Å². The lowest BCUT2D eigenvalue weighted by molar-refractivity contribution is -0.145. The van der Waals surface area contributed by atoms with Gasteiger partial charge >= 0.3 is 12.1 Å². The van der Waals surface area contributed by atoms with E-state index in [2.05, 4.69) is 5.32 Å². The molecule has 0 spiro atoms. The first-order chi connectivity index (χ1) is 17.0. The Balaban J connectivity index is 1.68. The zero-order valence-electron chi connectivity index (χ0n) is 19.4. The Morgan fingerprint density at radius 3 is 2.26 bits per heavy atom. The van der Waals surface area contributed by atoms with Gasteiger partial charge in [0.1, 0.15) is 19.2 Å². The van der Waals surface area contributed by atoms with Gasteiger partial charge in [-0.1, -0.05) is 48.5 Å². The van der Waals surface area contributed by atoms with Crippen LogP contribution in [0.25, 0.3) is 11.1 Å². The summed E-state index contributed by atoms with van der Waals surface area (Å²) < 4.78 is 5.53. The average Bonchev–Trinajstić information content (AvgIpc) is 3.17. The van der Waals surface area contributed by atoms with Crippen LogP contribution in [0, 0.1) is 11.3 Å². The van der Waals surface area contributed by atoms with E-state index in [0.717, 1.165) is 27.2 Å². The van der Waals surface area contributed by atoms with Gasteiger partial charge in [-0.05, 0) is 41.5 Å². The molecule has 0 bridgehead atoms. The molecule has 3 rings (SSSR count). The monoisotopic (exact) mass is 479 g/mol. The maximum absolute atomic E-state index is 13.0. The van der Waals surface area contributed by atoms with E-state index in [-0.39, 0.29) is 25.5 Å². The van der Waals surface area contributed by atoms with Gasteiger partial charge in [0, 0.05) is 18.9 Å². The fourth-order valence-corrected chi connectivity index (χ4v) is 4.36. The molecule has 2 aromatic carbocycles. The number of carbonyl (C=O) groups excluding carboxylic acids is 2. The maximum Gasteiger partial charge on any atom is 0.407 e. The van der Waals surface area contributed by atoms with Gasteiger partial charge in [-0.15, -0.1) is 0 Å². The normalized spacial score (nSPS) is 12.7. The average molecular weight is 480 g/mol. The number of ether oxygens (including phenoxy) is 1. The summed E-state index contributed by atoms with van der Waals surface area (Å²) in [5.41, 5.74) is 4.30. The Bertz CT molecular complexity index is 1050. The molecule has 1 aliphatic rings. The Morgan fingerprint density at radius 1 is 1.06 bits per heavy atom. The number of amides is 2. The van der Waals surface area contributed by atoms with Gasteiger partial charge in [-0.2, -0.15) is 5.26 Å². The van der Waals surface area contributed by atoms with E-state index in [1.54, 1.807) is 0 Å². The van der Waals surface area contributed by atoms with Crippen LogP contribution in [0.5, 0.6) is 0 Å². The highest BCUT2D eigenvalue weighted by Gasteiger charge is 2.31. The molecule has 0 radical (unpaired) electrons. The zero-order chi connectivity index (χ0) is 25.2. The van der Waals surface area contributed by atoms with Crippen molar-refractivity contribution in [3.05, 3.63) is 59.7 Å². The standard InChI is InChI=1S/C26H29N3O6/c27-13-7-1-2-12-23(25(33)29(14-15-30)16-24(31)32)28-26(34)35-17-22-20-10-5-3-8-18(20)19-9-4-6-11-21(19)22/h3-6,8-11,22-23,30H,1-2,7,12,14-17H2,(H,28,34)(H,31,32). The Hall–Kier alpha value is -3.90. The Kier molecular flexibility index (Phi) is 9.21. The number of benzene rings is 2. The molecular weight excluding hydrogens is 450 g/mol. The summed E-state index contributed by atoms with van der Waals surface area (Å²) in [6, 6.07) is 16.9. The van der Waals surface area contributed by atoms with Gasteiger partial charge in [-0.25, -0.2) is 4.79 Å². The second-order valence-corrected chi connectivity index (χ2v) is 8.30. The van der Waals surface area contributed by atoms with Crippen molar-refractivity contribution in [2.45, 2.75) is 37.6 Å². The minimum absolute atomic E-state index is 0.0741. The number of carboxylic acids is 1. The topological polar surface area (TPSA) is 140 Å². The zero-order valence-corrected chi connectivity index (χ0v) is 19.4. The van der Waals surface area contributed by atoms with Crippen LogP contribution in [0.4, 0.5) is 4.79 Å². The number of carbonyl (C=O) groups is 3. The van der Waals surface area contributed by atoms with Gasteiger partial charge in [0.25, 0.3) is 0 Å². The number of alkyl carbamates (subject to hydrolysis) is 1. The number of aliphatic carboxylic acids is 1. The Labute approximate surface area is 203 Å². The molecule has 9 heteroatoms.